The first-order valence-electron chi connectivity index (χ1n) is 7.07. The third-order valence-electron chi connectivity index (χ3n) is 4.09. The van der Waals surface area contributed by atoms with Gasteiger partial charge < -0.3 is 0 Å². The molecule has 100 valence electrons. The molecular weight excluding hydrogens is 250 g/mol. The normalized spacial score (nSPS) is 20.9. The number of amides is 1. The summed E-state index contributed by atoms with van der Waals surface area (Å²) in [7, 11) is 0. The molecule has 1 amide bonds. The van der Waals surface area contributed by atoms with Crippen molar-refractivity contribution in [1.82, 2.24) is 4.90 Å². The van der Waals surface area contributed by atoms with Crippen LogP contribution in [-0.4, -0.2) is 29.5 Å². The highest BCUT2D eigenvalue weighted by atomic mass is 16.2. The van der Waals surface area contributed by atoms with Crippen LogP contribution < -0.4 is 0 Å². The lowest BCUT2D eigenvalue weighted by Gasteiger charge is -2.29. The average Bonchev–Trinajstić information content (AvgIpc) is 2.67. The Bertz CT molecular complexity index is 685. The van der Waals surface area contributed by atoms with Gasteiger partial charge in [0.25, 0.3) is 0 Å². The van der Waals surface area contributed by atoms with Crippen molar-refractivity contribution in [3.8, 4) is 0 Å². The molecule has 20 heavy (non-hydrogen) atoms. The number of hydrogen-bond donors (Lipinski definition) is 0. The monoisotopic (exact) mass is 265 g/mol. The molecule has 0 saturated heterocycles. The van der Waals surface area contributed by atoms with Gasteiger partial charge in [0.1, 0.15) is 12.2 Å². The Morgan fingerprint density at radius 1 is 1.10 bits per heavy atom. The average molecular weight is 265 g/mol. The topological polar surface area (TPSA) is 45.0 Å². The lowest BCUT2D eigenvalue weighted by atomic mass is 10.0. The van der Waals surface area contributed by atoms with Crippen LogP contribution >= 0.6 is 0 Å². The molecule has 1 aromatic carbocycles. The number of aliphatic imine (C=N–C) groups is 2. The molecule has 0 N–H and O–H groups in total. The molecule has 1 aromatic rings. The van der Waals surface area contributed by atoms with Crippen molar-refractivity contribution in [2.24, 2.45) is 9.98 Å². The molecule has 0 spiro atoms. The summed E-state index contributed by atoms with van der Waals surface area (Å²) in [6.07, 6.45) is 5.19. The van der Waals surface area contributed by atoms with Gasteiger partial charge in [-0.05, 0) is 24.8 Å². The lowest BCUT2D eigenvalue weighted by Crippen LogP contribution is -2.42. The molecule has 3 aliphatic rings. The quantitative estimate of drug-likeness (QED) is 0.710. The van der Waals surface area contributed by atoms with E-state index in [0.29, 0.717) is 13.0 Å². The van der Waals surface area contributed by atoms with E-state index in [4.69, 9.17) is 0 Å². The molecule has 0 fully saturated rings. The van der Waals surface area contributed by atoms with E-state index in [2.05, 4.69) is 28.2 Å². The first-order chi connectivity index (χ1) is 9.84. The van der Waals surface area contributed by atoms with Crippen LogP contribution in [0.15, 0.2) is 39.8 Å². The van der Waals surface area contributed by atoms with Crippen LogP contribution in [0.3, 0.4) is 0 Å². The van der Waals surface area contributed by atoms with E-state index in [1.165, 1.54) is 11.1 Å². The molecule has 0 bridgehead atoms. The highest BCUT2D eigenvalue weighted by molar-refractivity contribution is 6.21. The largest absolute Gasteiger partial charge is 0.274 e. The van der Waals surface area contributed by atoms with Gasteiger partial charge in [0, 0.05) is 17.6 Å². The number of benzene rings is 1. The second-order valence-electron chi connectivity index (χ2n) is 5.30. The minimum Gasteiger partial charge on any atom is -0.274 e. The first kappa shape index (κ1) is 11.6. The van der Waals surface area contributed by atoms with Crippen molar-refractivity contribution in [2.45, 2.75) is 25.7 Å². The van der Waals surface area contributed by atoms with Crippen LogP contribution in [0.25, 0.3) is 5.70 Å². The van der Waals surface area contributed by atoms with E-state index in [0.717, 1.165) is 36.4 Å². The fraction of sp³-hybridized carbons (Fsp3) is 0.312. The standard InChI is InChI=1S/C16H15N3O/c20-14-8-9-17-16-13-7-3-5-11-4-1-2-6-12(11)15(13)18-10-19(14)16/h1-2,4,6,10H,3,5,7-9H2. The number of rotatable bonds is 0. The van der Waals surface area contributed by atoms with E-state index in [1.807, 2.05) is 6.07 Å². The lowest BCUT2D eigenvalue weighted by molar-refractivity contribution is -0.124. The van der Waals surface area contributed by atoms with Crippen molar-refractivity contribution in [3.05, 3.63) is 41.0 Å². The van der Waals surface area contributed by atoms with Crippen molar-refractivity contribution < 1.29 is 4.79 Å². The molecular formula is C16H15N3O. The highest BCUT2D eigenvalue weighted by Crippen LogP contribution is 2.34. The second kappa shape index (κ2) is 4.40. The van der Waals surface area contributed by atoms with E-state index in [9.17, 15) is 4.79 Å². The molecule has 2 aliphatic heterocycles. The van der Waals surface area contributed by atoms with Crippen LogP contribution in [0, 0.1) is 0 Å². The zero-order chi connectivity index (χ0) is 13.5. The predicted molar refractivity (Wildman–Crippen MR) is 78.6 cm³/mol. The summed E-state index contributed by atoms with van der Waals surface area (Å²) in [6, 6.07) is 8.41. The molecule has 0 saturated carbocycles. The Morgan fingerprint density at radius 3 is 2.95 bits per heavy atom. The summed E-state index contributed by atoms with van der Waals surface area (Å²) in [6.45, 7) is 0.594. The number of fused-ring (bicyclic) bond motifs is 4. The van der Waals surface area contributed by atoms with Gasteiger partial charge in [-0.2, -0.15) is 0 Å². The molecule has 0 aromatic heterocycles. The molecule has 4 heteroatoms. The van der Waals surface area contributed by atoms with Gasteiger partial charge in [-0.1, -0.05) is 24.3 Å². The van der Waals surface area contributed by atoms with Crippen molar-refractivity contribution >= 4 is 23.8 Å². The van der Waals surface area contributed by atoms with E-state index >= 15 is 0 Å². The van der Waals surface area contributed by atoms with Crippen LogP contribution in [0.4, 0.5) is 0 Å². The maximum Gasteiger partial charge on any atom is 0.235 e. The maximum atomic E-state index is 12.0. The molecule has 0 radical (unpaired) electrons. The van der Waals surface area contributed by atoms with Crippen LogP contribution in [0.5, 0.6) is 0 Å². The van der Waals surface area contributed by atoms with Gasteiger partial charge in [-0.3, -0.25) is 14.7 Å². The highest BCUT2D eigenvalue weighted by Gasteiger charge is 2.31. The van der Waals surface area contributed by atoms with Gasteiger partial charge in [-0.25, -0.2) is 4.99 Å². The van der Waals surface area contributed by atoms with Crippen LogP contribution in [0.2, 0.25) is 0 Å². The Hall–Kier alpha value is -2.23. The predicted octanol–water partition coefficient (Wildman–Crippen LogP) is 2.41. The Kier molecular flexibility index (Phi) is 2.55. The minimum atomic E-state index is 0.0998. The van der Waals surface area contributed by atoms with Crippen molar-refractivity contribution in [2.75, 3.05) is 6.54 Å². The third-order valence-corrected chi connectivity index (χ3v) is 4.09. The van der Waals surface area contributed by atoms with Crippen molar-refractivity contribution in [1.29, 1.82) is 0 Å². The zero-order valence-corrected chi connectivity index (χ0v) is 11.2. The summed E-state index contributed by atoms with van der Waals surface area (Å²) in [5, 5.41) is 0. The number of amidine groups is 1. The summed E-state index contributed by atoms with van der Waals surface area (Å²) in [5.41, 5.74) is 4.66. The Labute approximate surface area is 117 Å². The van der Waals surface area contributed by atoms with E-state index in [-0.39, 0.29) is 5.91 Å². The molecule has 4 rings (SSSR count). The van der Waals surface area contributed by atoms with Crippen molar-refractivity contribution in [3.63, 3.8) is 0 Å². The number of aryl methyl sites for hydroxylation is 1. The number of hydrogen-bond acceptors (Lipinski definition) is 3. The molecule has 0 unspecified atom stereocenters. The summed E-state index contributed by atoms with van der Waals surface area (Å²) < 4.78 is 0. The second-order valence-corrected chi connectivity index (χ2v) is 5.30. The summed E-state index contributed by atoms with van der Waals surface area (Å²) in [4.78, 5) is 22.7. The molecule has 1 aliphatic carbocycles. The van der Waals surface area contributed by atoms with Crippen LogP contribution in [-0.2, 0) is 11.2 Å². The molecule has 4 nitrogen and oxygen atoms in total. The maximum absolute atomic E-state index is 12.0. The smallest absolute Gasteiger partial charge is 0.235 e. The zero-order valence-electron chi connectivity index (χ0n) is 11.2. The van der Waals surface area contributed by atoms with Gasteiger partial charge in [0.05, 0.1) is 12.2 Å². The fourth-order valence-corrected chi connectivity index (χ4v) is 3.12. The number of carbonyl (C=O) groups is 1. The van der Waals surface area contributed by atoms with E-state index in [1.54, 1.807) is 11.2 Å². The van der Waals surface area contributed by atoms with Gasteiger partial charge in [0.15, 0.2) is 0 Å². The minimum absolute atomic E-state index is 0.0998. The van der Waals surface area contributed by atoms with Crippen LogP contribution in [0.1, 0.15) is 30.4 Å². The Morgan fingerprint density at radius 2 is 2.00 bits per heavy atom. The van der Waals surface area contributed by atoms with Gasteiger partial charge >= 0.3 is 0 Å². The first-order valence-corrected chi connectivity index (χ1v) is 7.07. The molecule has 2 heterocycles. The number of nitrogens with zero attached hydrogens (tertiary/aromatic N) is 3. The molecule has 0 atom stereocenters. The fourth-order valence-electron chi connectivity index (χ4n) is 3.12. The van der Waals surface area contributed by atoms with Gasteiger partial charge in [-0.15, -0.1) is 0 Å². The SMILES string of the molecule is O=C1CCN=C2C3=C(N=CN12)c1ccccc1CCC3. The summed E-state index contributed by atoms with van der Waals surface area (Å²) >= 11 is 0. The number of carbonyl (C=O) groups excluding carboxylic acids is 1. The summed E-state index contributed by atoms with van der Waals surface area (Å²) in [5.74, 6) is 0.922. The van der Waals surface area contributed by atoms with Gasteiger partial charge in [0.2, 0.25) is 5.91 Å². The van der Waals surface area contributed by atoms with E-state index < -0.39 is 0 Å². The Balaban J connectivity index is 1.90. The third kappa shape index (κ3) is 1.64.